The van der Waals surface area contributed by atoms with Crippen molar-refractivity contribution >= 4 is 29.4 Å². The van der Waals surface area contributed by atoms with Gasteiger partial charge in [-0.25, -0.2) is 5.43 Å². The fourth-order valence-electron chi connectivity index (χ4n) is 1.94. The number of carbonyl (C=O) groups excluding carboxylic acids is 1. The summed E-state index contributed by atoms with van der Waals surface area (Å²) in [7, 11) is 0. The highest BCUT2D eigenvalue weighted by atomic mass is 35.5. The molecule has 0 unspecified atom stereocenters. The number of nitrogens with zero attached hydrogens (tertiary/aromatic N) is 2. The molecule has 2 aromatic rings. The quantitative estimate of drug-likeness (QED) is 0.465. The maximum absolute atomic E-state index is 12.0. The number of nitrogens with one attached hydrogen (secondary N) is 1. The Labute approximate surface area is 147 Å². The molecule has 0 aliphatic carbocycles. The molecule has 0 spiro atoms. The van der Waals surface area contributed by atoms with Crippen LogP contribution >= 0.6 is 11.6 Å². The summed E-state index contributed by atoms with van der Waals surface area (Å²) in [5.41, 5.74) is 2.07. The van der Waals surface area contributed by atoms with Crippen LogP contribution in [0.2, 0.25) is 5.02 Å². The molecule has 0 fully saturated rings. The van der Waals surface area contributed by atoms with Crippen molar-refractivity contribution in [2.75, 3.05) is 6.61 Å². The second kappa shape index (κ2) is 8.11. The lowest BCUT2D eigenvalue weighted by Crippen LogP contribution is -2.17. The Morgan fingerprint density at radius 3 is 2.68 bits per heavy atom. The number of phenols is 1. The SMILES string of the molecule is CCOc1ccc(C(=O)N/N=C\c2cc(Cl)cc([N+](=O)[O-])c2O)cc1. The largest absolute Gasteiger partial charge is 0.502 e. The van der Waals surface area contributed by atoms with E-state index in [1.807, 2.05) is 6.92 Å². The summed E-state index contributed by atoms with van der Waals surface area (Å²) < 4.78 is 5.28. The molecule has 25 heavy (non-hydrogen) atoms. The van der Waals surface area contributed by atoms with Crippen molar-refractivity contribution in [3.63, 3.8) is 0 Å². The van der Waals surface area contributed by atoms with Gasteiger partial charge in [-0.05, 0) is 37.3 Å². The summed E-state index contributed by atoms with van der Waals surface area (Å²) in [4.78, 5) is 22.0. The number of ether oxygens (including phenoxy) is 1. The van der Waals surface area contributed by atoms with E-state index in [9.17, 15) is 20.0 Å². The van der Waals surface area contributed by atoms with E-state index >= 15 is 0 Å². The van der Waals surface area contributed by atoms with Crippen LogP contribution in [0.25, 0.3) is 0 Å². The number of amides is 1. The minimum absolute atomic E-state index is 0.00573. The molecule has 0 heterocycles. The number of halogens is 1. The third-order valence-electron chi connectivity index (χ3n) is 3.08. The molecule has 0 atom stereocenters. The molecule has 8 nitrogen and oxygen atoms in total. The first kappa shape index (κ1) is 18.2. The molecule has 0 aliphatic rings. The van der Waals surface area contributed by atoms with Crippen molar-refractivity contribution in [3.8, 4) is 11.5 Å². The van der Waals surface area contributed by atoms with Crippen molar-refractivity contribution in [3.05, 3.63) is 62.7 Å². The standard InChI is InChI=1S/C16H14ClN3O5/c1-2-25-13-5-3-10(4-6-13)16(22)19-18-9-11-7-12(17)8-14(15(11)21)20(23)24/h3-9,21H,2H2,1H3,(H,19,22)/b18-9-. The molecule has 9 heteroatoms. The first-order valence-electron chi connectivity index (χ1n) is 7.15. The normalized spacial score (nSPS) is 10.6. The van der Waals surface area contributed by atoms with E-state index in [1.54, 1.807) is 24.3 Å². The van der Waals surface area contributed by atoms with Crippen molar-refractivity contribution in [1.29, 1.82) is 0 Å². The Bertz CT molecular complexity index is 821. The fourth-order valence-corrected chi connectivity index (χ4v) is 2.16. The first-order chi connectivity index (χ1) is 11.9. The van der Waals surface area contributed by atoms with E-state index in [-0.39, 0.29) is 10.6 Å². The monoisotopic (exact) mass is 363 g/mol. The molecule has 2 N–H and O–H groups in total. The van der Waals surface area contributed by atoms with Crippen LogP contribution in [0.5, 0.6) is 11.5 Å². The zero-order chi connectivity index (χ0) is 18.4. The summed E-state index contributed by atoms with van der Waals surface area (Å²) in [5, 5.41) is 24.4. The van der Waals surface area contributed by atoms with E-state index < -0.39 is 22.3 Å². The molecule has 130 valence electrons. The maximum atomic E-state index is 12.0. The summed E-state index contributed by atoms with van der Waals surface area (Å²) in [6.45, 7) is 2.37. The zero-order valence-corrected chi connectivity index (χ0v) is 13.9. The van der Waals surface area contributed by atoms with Crippen LogP contribution in [-0.4, -0.2) is 28.8 Å². The predicted molar refractivity (Wildman–Crippen MR) is 92.4 cm³/mol. The van der Waals surface area contributed by atoms with Crippen LogP contribution in [0.3, 0.4) is 0 Å². The van der Waals surface area contributed by atoms with E-state index in [0.29, 0.717) is 17.9 Å². The lowest BCUT2D eigenvalue weighted by molar-refractivity contribution is -0.385. The van der Waals surface area contributed by atoms with Gasteiger partial charge < -0.3 is 9.84 Å². The number of rotatable bonds is 6. The summed E-state index contributed by atoms with van der Waals surface area (Å²) in [5.74, 6) is -0.442. The minimum Gasteiger partial charge on any atom is -0.502 e. The topological polar surface area (TPSA) is 114 Å². The molecule has 1 amide bonds. The number of phenolic OH excluding ortho intramolecular Hbond substituents is 1. The third kappa shape index (κ3) is 4.67. The summed E-state index contributed by atoms with van der Waals surface area (Å²) in [6.07, 6.45) is 1.07. The molecule has 0 saturated carbocycles. The molecule has 0 aliphatic heterocycles. The number of nitro benzene ring substituents is 1. The summed E-state index contributed by atoms with van der Waals surface area (Å²) in [6, 6.07) is 8.74. The van der Waals surface area contributed by atoms with Gasteiger partial charge in [-0.1, -0.05) is 11.6 Å². The van der Waals surface area contributed by atoms with E-state index in [0.717, 1.165) is 12.3 Å². The molecular formula is C16H14ClN3O5. The number of hydrogen-bond donors (Lipinski definition) is 2. The Morgan fingerprint density at radius 2 is 2.08 bits per heavy atom. The number of benzene rings is 2. The van der Waals surface area contributed by atoms with Gasteiger partial charge >= 0.3 is 5.69 Å². The van der Waals surface area contributed by atoms with Gasteiger partial charge in [0, 0.05) is 22.2 Å². The maximum Gasteiger partial charge on any atom is 0.312 e. The average Bonchev–Trinajstić information content (AvgIpc) is 2.58. The smallest absolute Gasteiger partial charge is 0.312 e. The van der Waals surface area contributed by atoms with Gasteiger partial charge in [0.05, 0.1) is 17.7 Å². The van der Waals surface area contributed by atoms with Gasteiger partial charge in [-0.15, -0.1) is 0 Å². The number of aromatic hydroxyl groups is 1. The number of nitro groups is 1. The molecular weight excluding hydrogens is 350 g/mol. The third-order valence-corrected chi connectivity index (χ3v) is 3.30. The first-order valence-corrected chi connectivity index (χ1v) is 7.53. The van der Waals surface area contributed by atoms with Crippen molar-refractivity contribution in [2.45, 2.75) is 6.92 Å². The number of carbonyl (C=O) groups is 1. The van der Waals surface area contributed by atoms with E-state index in [1.165, 1.54) is 6.07 Å². The molecule has 0 bridgehead atoms. The summed E-state index contributed by atoms with van der Waals surface area (Å²) >= 11 is 5.77. The molecule has 2 rings (SSSR count). The van der Waals surface area contributed by atoms with Crippen LogP contribution < -0.4 is 10.2 Å². The second-order valence-corrected chi connectivity index (χ2v) is 5.21. The number of hydrogen-bond acceptors (Lipinski definition) is 6. The Balaban J connectivity index is 2.10. The van der Waals surface area contributed by atoms with Crippen LogP contribution in [0.4, 0.5) is 5.69 Å². The highest BCUT2D eigenvalue weighted by Crippen LogP contribution is 2.32. The van der Waals surface area contributed by atoms with E-state index in [2.05, 4.69) is 10.5 Å². The molecule has 0 aromatic heterocycles. The Hall–Kier alpha value is -3.13. The van der Waals surface area contributed by atoms with Gasteiger partial charge in [0.15, 0.2) is 0 Å². The molecule has 0 radical (unpaired) electrons. The average molecular weight is 364 g/mol. The van der Waals surface area contributed by atoms with Crippen molar-refractivity contribution in [2.24, 2.45) is 5.10 Å². The van der Waals surface area contributed by atoms with Gasteiger partial charge in [-0.3, -0.25) is 14.9 Å². The Morgan fingerprint density at radius 1 is 1.40 bits per heavy atom. The van der Waals surface area contributed by atoms with Gasteiger partial charge in [-0.2, -0.15) is 5.10 Å². The zero-order valence-electron chi connectivity index (χ0n) is 13.1. The van der Waals surface area contributed by atoms with Crippen LogP contribution in [0.1, 0.15) is 22.8 Å². The van der Waals surface area contributed by atoms with Crippen LogP contribution in [0.15, 0.2) is 41.5 Å². The minimum atomic E-state index is -0.767. The highest BCUT2D eigenvalue weighted by Gasteiger charge is 2.17. The fraction of sp³-hybridized carbons (Fsp3) is 0.125. The second-order valence-electron chi connectivity index (χ2n) is 4.78. The lowest BCUT2D eigenvalue weighted by Gasteiger charge is -2.04. The van der Waals surface area contributed by atoms with Gasteiger partial charge in [0.25, 0.3) is 5.91 Å². The van der Waals surface area contributed by atoms with Crippen molar-refractivity contribution in [1.82, 2.24) is 5.43 Å². The van der Waals surface area contributed by atoms with Crippen LogP contribution in [-0.2, 0) is 0 Å². The Kier molecular flexibility index (Phi) is 5.91. The highest BCUT2D eigenvalue weighted by molar-refractivity contribution is 6.31. The van der Waals surface area contributed by atoms with Gasteiger partial charge in [0.2, 0.25) is 5.75 Å². The van der Waals surface area contributed by atoms with Crippen LogP contribution in [0, 0.1) is 10.1 Å². The lowest BCUT2D eigenvalue weighted by atomic mass is 10.2. The molecule has 2 aromatic carbocycles. The van der Waals surface area contributed by atoms with E-state index in [4.69, 9.17) is 16.3 Å². The molecule has 0 saturated heterocycles. The van der Waals surface area contributed by atoms with Gasteiger partial charge in [0.1, 0.15) is 5.75 Å². The number of hydrazone groups is 1. The van der Waals surface area contributed by atoms with Crippen molar-refractivity contribution < 1.29 is 19.6 Å². The predicted octanol–water partition coefficient (Wildman–Crippen LogP) is 3.12.